The Morgan fingerprint density at radius 2 is 2.07 bits per heavy atom. The highest BCUT2D eigenvalue weighted by Gasteiger charge is 2.15. The van der Waals surface area contributed by atoms with Gasteiger partial charge >= 0.3 is 5.97 Å². The van der Waals surface area contributed by atoms with Crippen LogP contribution >= 0.6 is 27.5 Å². The van der Waals surface area contributed by atoms with E-state index in [-0.39, 0.29) is 18.8 Å². The lowest BCUT2D eigenvalue weighted by Gasteiger charge is -2.13. The zero-order chi connectivity index (χ0) is 22.1. The van der Waals surface area contributed by atoms with Crippen LogP contribution in [0.2, 0.25) is 5.02 Å². The summed E-state index contributed by atoms with van der Waals surface area (Å²) in [6.07, 6.45) is 1.41. The Balaban J connectivity index is 2.25. The predicted molar refractivity (Wildman–Crippen MR) is 116 cm³/mol. The highest BCUT2D eigenvalue weighted by Crippen LogP contribution is 2.37. The summed E-state index contributed by atoms with van der Waals surface area (Å²) in [4.78, 5) is 24.0. The van der Waals surface area contributed by atoms with Crippen LogP contribution in [0.5, 0.6) is 11.5 Å². The largest absolute Gasteiger partial charge is 0.493 e. The van der Waals surface area contributed by atoms with Crippen LogP contribution in [0.15, 0.2) is 46.4 Å². The van der Waals surface area contributed by atoms with Crippen molar-refractivity contribution in [2.24, 2.45) is 0 Å². The van der Waals surface area contributed by atoms with Crippen LogP contribution in [-0.2, 0) is 14.3 Å². The second-order valence-corrected chi connectivity index (χ2v) is 7.05. The number of amides is 1. The lowest BCUT2D eigenvalue weighted by molar-refractivity contribution is -0.145. The summed E-state index contributed by atoms with van der Waals surface area (Å²) in [5.41, 5.74) is 0.860. The Hall–Kier alpha value is -3.02. The monoisotopic (exact) mass is 492 g/mol. The number of nitriles is 1. The molecule has 0 atom stereocenters. The molecule has 0 aliphatic carbocycles. The van der Waals surface area contributed by atoms with Crippen LogP contribution in [-0.4, -0.2) is 32.2 Å². The second kappa shape index (κ2) is 11.2. The first-order valence-corrected chi connectivity index (χ1v) is 9.89. The van der Waals surface area contributed by atoms with Gasteiger partial charge in [0.1, 0.15) is 11.6 Å². The number of esters is 1. The van der Waals surface area contributed by atoms with Crippen molar-refractivity contribution in [3.63, 3.8) is 0 Å². The molecule has 0 heterocycles. The standard InChI is InChI=1S/C21H18BrClN2O5/c1-3-29-19(26)12-30-20-17(22)8-13(9-18(20)28-2)7-14(11-24)21(27)25-16-6-4-5-15(23)10-16/h4-10H,3,12H2,1-2H3,(H,25,27)/b14-7+. The highest BCUT2D eigenvalue weighted by atomic mass is 79.9. The van der Waals surface area contributed by atoms with Crippen molar-refractivity contribution in [3.8, 4) is 17.6 Å². The number of methoxy groups -OCH3 is 1. The summed E-state index contributed by atoms with van der Waals surface area (Å²) in [5.74, 6) is -0.491. The summed E-state index contributed by atoms with van der Waals surface area (Å²) in [6.45, 7) is 1.66. The average Bonchev–Trinajstić information content (AvgIpc) is 2.70. The van der Waals surface area contributed by atoms with Crippen molar-refractivity contribution < 1.29 is 23.8 Å². The van der Waals surface area contributed by atoms with E-state index < -0.39 is 11.9 Å². The van der Waals surface area contributed by atoms with Gasteiger partial charge in [-0.3, -0.25) is 4.79 Å². The van der Waals surface area contributed by atoms with Crippen molar-refractivity contribution in [3.05, 3.63) is 57.0 Å². The number of hydrogen-bond acceptors (Lipinski definition) is 6. The lowest BCUT2D eigenvalue weighted by atomic mass is 10.1. The van der Waals surface area contributed by atoms with Gasteiger partial charge in [0.2, 0.25) is 0 Å². The molecule has 7 nitrogen and oxygen atoms in total. The van der Waals surface area contributed by atoms with E-state index in [1.54, 1.807) is 43.3 Å². The Morgan fingerprint density at radius 3 is 2.70 bits per heavy atom. The quantitative estimate of drug-likeness (QED) is 0.328. The molecule has 0 unspecified atom stereocenters. The molecule has 2 rings (SSSR count). The number of anilines is 1. The number of nitrogens with zero attached hydrogens (tertiary/aromatic N) is 1. The fraction of sp³-hybridized carbons (Fsp3) is 0.190. The van der Waals surface area contributed by atoms with Gasteiger partial charge in [0.25, 0.3) is 5.91 Å². The predicted octanol–water partition coefficient (Wildman–Crippen LogP) is 4.60. The molecular formula is C21H18BrClN2O5. The molecule has 0 saturated heterocycles. The molecule has 0 radical (unpaired) electrons. The number of halogens is 2. The van der Waals surface area contributed by atoms with Gasteiger partial charge in [-0.2, -0.15) is 5.26 Å². The van der Waals surface area contributed by atoms with E-state index in [0.717, 1.165) is 0 Å². The second-order valence-electron chi connectivity index (χ2n) is 5.76. The molecular weight excluding hydrogens is 476 g/mol. The average molecular weight is 494 g/mol. The van der Waals surface area contributed by atoms with Gasteiger partial charge < -0.3 is 19.5 Å². The molecule has 30 heavy (non-hydrogen) atoms. The van der Waals surface area contributed by atoms with Gasteiger partial charge in [-0.25, -0.2) is 4.79 Å². The first kappa shape index (κ1) is 23.3. The SMILES string of the molecule is CCOC(=O)COc1c(Br)cc(/C=C(\C#N)C(=O)Nc2cccc(Cl)c2)cc1OC. The van der Waals surface area contributed by atoms with Gasteiger partial charge in [0.15, 0.2) is 18.1 Å². The third-order valence-corrected chi connectivity index (χ3v) is 4.47. The molecule has 0 aromatic heterocycles. The Labute approximate surface area is 187 Å². The fourth-order valence-electron chi connectivity index (χ4n) is 2.38. The zero-order valence-electron chi connectivity index (χ0n) is 16.2. The van der Waals surface area contributed by atoms with Crippen molar-refractivity contribution in [2.45, 2.75) is 6.92 Å². The number of benzene rings is 2. The molecule has 1 amide bonds. The minimum absolute atomic E-state index is 0.121. The summed E-state index contributed by atoms with van der Waals surface area (Å²) in [6, 6.07) is 11.7. The normalized spacial score (nSPS) is 10.7. The van der Waals surface area contributed by atoms with E-state index >= 15 is 0 Å². The van der Waals surface area contributed by atoms with Gasteiger partial charge in [-0.1, -0.05) is 17.7 Å². The molecule has 0 bridgehead atoms. The first-order chi connectivity index (χ1) is 14.4. The molecule has 0 spiro atoms. The summed E-state index contributed by atoms with van der Waals surface area (Å²) >= 11 is 9.26. The van der Waals surface area contributed by atoms with Gasteiger partial charge in [-0.15, -0.1) is 0 Å². The number of nitrogens with one attached hydrogen (secondary N) is 1. The number of carbonyl (C=O) groups excluding carboxylic acids is 2. The van der Waals surface area contributed by atoms with Crippen LogP contribution in [0.3, 0.4) is 0 Å². The Morgan fingerprint density at radius 1 is 1.30 bits per heavy atom. The highest BCUT2D eigenvalue weighted by molar-refractivity contribution is 9.10. The number of carbonyl (C=O) groups is 2. The Bertz CT molecular complexity index is 1020. The maximum atomic E-state index is 12.4. The summed E-state index contributed by atoms with van der Waals surface area (Å²) in [5, 5.41) is 12.5. The Kier molecular flexibility index (Phi) is 8.71. The molecule has 9 heteroatoms. The maximum Gasteiger partial charge on any atom is 0.344 e. The number of hydrogen-bond donors (Lipinski definition) is 1. The molecule has 0 aliphatic heterocycles. The smallest absolute Gasteiger partial charge is 0.344 e. The van der Waals surface area contributed by atoms with Gasteiger partial charge in [0, 0.05) is 10.7 Å². The van der Waals surface area contributed by atoms with E-state index in [1.807, 2.05) is 6.07 Å². The molecule has 0 fully saturated rings. The van der Waals surface area contributed by atoms with Gasteiger partial charge in [0.05, 0.1) is 18.2 Å². The molecule has 0 saturated carbocycles. The topological polar surface area (TPSA) is 97.7 Å². The van der Waals surface area contributed by atoms with E-state index in [9.17, 15) is 14.9 Å². The minimum Gasteiger partial charge on any atom is -0.493 e. The van der Waals surface area contributed by atoms with Crippen LogP contribution in [0.1, 0.15) is 12.5 Å². The molecule has 156 valence electrons. The van der Waals surface area contributed by atoms with Crippen molar-refractivity contribution in [1.29, 1.82) is 5.26 Å². The van der Waals surface area contributed by atoms with E-state index in [1.165, 1.54) is 13.2 Å². The van der Waals surface area contributed by atoms with Crippen LogP contribution in [0.4, 0.5) is 5.69 Å². The molecule has 2 aromatic carbocycles. The third kappa shape index (κ3) is 6.51. The van der Waals surface area contributed by atoms with E-state index in [2.05, 4.69) is 21.2 Å². The zero-order valence-corrected chi connectivity index (χ0v) is 18.5. The van der Waals surface area contributed by atoms with Crippen LogP contribution in [0, 0.1) is 11.3 Å². The van der Waals surface area contributed by atoms with Crippen LogP contribution < -0.4 is 14.8 Å². The summed E-state index contributed by atoms with van der Waals surface area (Å²) < 4.78 is 16.1. The molecule has 2 aromatic rings. The summed E-state index contributed by atoms with van der Waals surface area (Å²) in [7, 11) is 1.43. The van der Waals surface area contributed by atoms with Crippen LogP contribution in [0.25, 0.3) is 6.08 Å². The van der Waals surface area contributed by atoms with Gasteiger partial charge in [-0.05, 0) is 64.8 Å². The van der Waals surface area contributed by atoms with E-state index in [4.69, 9.17) is 25.8 Å². The molecule has 1 N–H and O–H groups in total. The molecule has 0 aliphatic rings. The van der Waals surface area contributed by atoms with Crippen molar-refractivity contribution in [1.82, 2.24) is 0 Å². The third-order valence-electron chi connectivity index (χ3n) is 3.65. The van der Waals surface area contributed by atoms with Crippen molar-refractivity contribution in [2.75, 3.05) is 25.6 Å². The number of ether oxygens (including phenoxy) is 3. The van der Waals surface area contributed by atoms with Crippen molar-refractivity contribution >= 4 is 51.2 Å². The lowest BCUT2D eigenvalue weighted by Crippen LogP contribution is -2.15. The minimum atomic E-state index is -0.586. The van der Waals surface area contributed by atoms with E-state index in [0.29, 0.717) is 32.2 Å². The fourth-order valence-corrected chi connectivity index (χ4v) is 3.14. The maximum absolute atomic E-state index is 12.4. The first-order valence-electron chi connectivity index (χ1n) is 8.72. The number of rotatable bonds is 8.